The molecule has 4 heteroatoms. The van der Waals surface area contributed by atoms with Gasteiger partial charge in [0.25, 0.3) is 0 Å². The third kappa shape index (κ3) is 6.97. The Morgan fingerprint density at radius 3 is 2.24 bits per heavy atom. The van der Waals surface area contributed by atoms with Gasteiger partial charge < -0.3 is 15.0 Å². The van der Waals surface area contributed by atoms with Gasteiger partial charge in [-0.25, -0.2) is 0 Å². The van der Waals surface area contributed by atoms with Crippen LogP contribution in [0.3, 0.4) is 0 Å². The zero-order valence-corrected chi connectivity index (χ0v) is 18.3. The molecule has 0 atom stereocenters. The van der Waals surface area contributed by atoms with E-state index in [9.17, 15) is 0 Å². The van der Waals surface area contributed by atoms with E-state index in [1.54, 1.807) is 0 Å². The Balaban J connectivity index is 1.10. The molecule has 3 aliphatic rings. The van der Waals surface area contributed by atoms with Gasteiger partial charge in [-0.15, -0.1) is 0 Å². The van der Waals surface area contributed by atoms with Crippen molar-refractivity contribution in [3.8, 4) is 5.75 Å². The number of nitrogens with zero attached hydrogens (tertiary/aromatic N) is 2. The number of rotatable bonds is 9. The molecule has 0 amide bonds. The summed E-state index contributed by atoms with van der Waals surface area (Å²) in [6.45, 7) is 9.23. The van der Waals surface area contributed by atoms with Crippen molar-refractivity contribution >= 4 is 0 Å². The molecule has 0 radical (unpaired) electrons. The van der Waals surface area contributed by atoms with Crippen molar-refractivity contribution in [2.45, 2.75) is 70.4 Å². The standard InChI is InChI=1S/C25H41N3O/c1-2-6-23(7-3-1)21-28-16-12-24(13-17-28)26-20-22-8-10-25(11-9-22)29-19-18-27-14-4-5-15-27/h8-11,23-24,26H,1-7,12-21H2. The fraction of sp³-hybridized carbons (Fsp3) is 0.760. The summed E-state index contributed by atoms with van der Waals surface area (Å²) in [6.07, 6.45) is 12.6. The number of benzene rings is 1. The van der Waals surface area contributed by atoms with Crippen molar-refractivity contribution in [1.82, 2.24) is 15.1 Å². The molecule has 2 saturated heterocycles. The maximum Gasteiger partial charge on any atom is 0.119 e. The van der Waals surface area contributed by atoms with E-state index >= 15 is 0 Å². The van der Waals surface area contributed by atoms with Crippen LogP contribution in [0.5, 0.6) is 5.75 Å². The highest BCUT2D eigenvalue weighted by atomic mass is 16.5. The van der Waals surface area contributed by atoms with Gasteiger partial charge in [-0.05, 0) is 88.3 Å². The van der Waals surface area contributed by atoms with Gasteiger partial charge in [0.15, 0.2) is 0 Å². The molecule has 1 aliphatic carbocycles. The average Bonchev–Trinajstić information content (AvgIpc) is 3.29. The first-order valence-corrected chi connectivity index (χ1v) is 12.2. The van der Waals surface area contributed by atoms with Crippen LogP contribution < -0.4 is 10.1 Å². The predicted molar refractivity (Wildman–Crippen MR) is 120 cm³/mol. The van der Waals surface area contributed by atoms with E-state index in [0.29, 0.717) is 6.04 Å². The third-order valence-corrected chi connectivity index (χ3v) is 7.22. The summed E-state index contributed by atoms with van der Waals surface area (Å²) < 4.78 is 5.92. The van der Waals surface area contributed by atoms with Crippen LogP contribution in [0.2, 0.25) is 0 Å². The number of nitrogens with one attached hydrogen (secondary N) is 1. The van der Waals surface area contributed by atoms with Crippen LogP contribution in [0.1, 0.15) is 63.4 Å². The number of hydrogen-bond acceptors (Lipinski definition) is 4. The lowest BCUT2D eigenvalue weighted by Gasteiger charge is -2.35. The summed E-state index contributed by atoms with van der Waals surface area (Å²) in [5.41, 5.74) is 1.36. The highest BCUT2D eigenvalue weighted by Gasteiger charge is 2.22. The molecule has 2 heterocycles. The van der Waals surface area contributed by atoms with Crippen LogP contribution in [-0.4, -0.2) is 61.7 Å². The second kappa shape index (κ2) is 11.3. The zero-order valence-electron chi connectivity index (χ0n) is 18.3. The highest BCUT2D eigenvalue weighted by Crippen LogP contribution is 2.25. The maximum absolute atomic E-state index is 5.92. The molecule has 162 valence electrons. The Hall–Kier alpha value is -1.10. The van der Waals surface area contributed by atoms with Crippen molar-refractivity contribution in [2.75, 3.05) is 45.9 Å². The summed E-state index contributed by atoms with van der Waals surface area (Å²) in [4.78, 5) is 5.22. The molecule has 29 heavy (non-hydrogen) atoms. The average molecular weight is 400 g/mol. The first-order chi connectivity index (χ1) is 14.3. The Morgan fingerprint density at radius 2 is 1.52 bits per heavy atom. The largest absolute Gasteiger partial charge is 0.492 e. The first-order valence-electron chi connectivity index (χ1n) is 12.2. The quantitative estimate of drug-likeness (QED) is 0.670. The van der Waals surface area contributed by atoms with Gasteiger partial charge in [0.1, 0.15) is 12.4 Å². The Bertz CT molecular complexity index is 570. The number of piperidine rings is 1. The van der Waals surface area contributed by atoms with Crippen LogP contribution in [-0.2, 0) is 6.54 Å². The topological polar surface area (TPSA) is 27.7 Å². The molecular formula is C25H41N3O. The molecule has 0 aromatic heterocycles. The fourth-order valence-electron chi connectivity index (χ4n) is 5.32. The van der Waals surface area contributed by atoms with E-state index in [4.69, 9.17) is 4.74 Å². The maximum atomic E-state index is 5.92. The minimum absolute atomic E-state index is 0.675. The molecule has 4 rings (SSSR count). The van der Waals surface area contributed by atoms with E-state index in [0.717, 1.165) is 31.4 Å². The van der Waals surface area contributed by atoms with Gasteiger partial charge in [-0.3, -0.25) is 4.90 Å². The van der Waals surface area contributed by atoms with Gasteiger partial charge >= 0.3 is 0 Å². The summed E-state index contributed by atoms with van der Waals surface area (Å²) in [6, 6.07) is 9.38. The Morgan fingerprint density at radius 1 is 0.793 bits per heavy atom. The van der Waals surface area contributed by atoms with Crippen LogP contribution in [0.15, 0.2) is 24.3 Å². The summed E-state index contributed by atoms with van der Waals surface area (Å²) in [7, 11) is 0. The summed E-state index contributed by atoms with van der Waals surface area (Å²) >= 11 is 0. The molecule has 1 saturated carbocycles. The summed E-state index contributed by atoms with van der Waals surface area (Å²) in [5, 5.41) is 3.79. The molecule has 1 N–H and O–H groups in total. The monoisotopic (exact) mass is 399 g/mol. The lowest BCUT2D eigenvalue weighted by molar-refractivity contribution is 0.155. The van der Waals surface area contributed by atoms with Crippen molar-refractivity contribution in [2.24, 2.45) is 5.92 Å². The minimum Gasteiger partial charge on any atom is -0.492 e. The number of ether oxygens (including phenoxy) is 1. The molecule has 0 bridgehead atoms. The lowest BCUT2D eigenvalue weighted by atomic mass is 9.88. The van der Waals surface area contributed by atoms with Crippen molar-refractivity contribution in [3.05, 3.63) is 29.8 Å². The van der Waals surface area contributed by atoms with Gasteiger partial charge in [0.05, 0.1) is 0 Å². The van der Waals surface area contributed by atoms with Gasteiger partial charge in [0, 0.05) is 25.7 Å². The number of likely N-dealkylation sites (tertiary alicyclic amines) is 2. The van der Waals surface area contributed by atoms with E-state index in [1.807, 2.05) is 0 Å². The van der Waals surface area contributed by atoms with Crippen LogP contribution in [0.25, 0.3) is 0 Å². The van der Waals surface area contributed by atoms with Crippen LogP contribution in [0.4, 0.5) is 0 Å². The van der Waals surface area contributed by atoms with E-state index in [2.05, 4.69) is 39.4 Å². The van der Waals surface area contributed by atoms with Gasteiger partial charge in [0.2, 0.25) is 0 Å². The number of hydrogen-bond donors (Lipinski definition) is 1. The third-order valence-electron chi connectivity index (χ3n) is 7.22. The second-order valence-corrected chi connectivity index (χ2v) is 9.50. The predicted octanol–water partition coefficient (Wildman–Crippen LogP) is 4.30. The van der Waals surface area contributed by atoms with E-state index in [1.165, 1.54) is 96.1 Å². The Kier molecular flexibility index (Phi) is 8.26. The van der Waals surface area contributed by atoms with Crippen molar-refractivity contribution in [3.63, 3.8) is 0 Å². The van der Waals surface area contributed by atoms with Crippen molar-refractivity contribution < 1.29 is 4.74 Å². The molecule has 1 aromatic carbocycles. The molecule has 0 spiro atoms. The SMILES string of the molecule is c1cc(OCCN2CCCC2)ccc1CNC1CCN(CC2CCCCC2)CC1. The highest BCUT2D eigenvalue weighted by molar-refractivity contribution is 5.27. The lowest BCUT2D eigenvalue weighted by Crippen LogP contribution is -2.44. The molecule has 3 fully saturated rings. The van der Waals surface area contributed by atoms with Crippen LogP contribution >= 0.6 is 0 Å². The normalized spacial score (nSPS) is 22.9. The van der Waals surface area contributed by atoms with E-state index < -0.39 is 0 Å². The zero-order chi connectivity index (χ0) is 19.7. The van der Waals surface area contributed by atoms with E-state index in [-0.39, 0.29) is 0 Å². The fourth-order valence-corrected chi connectivity index (χ4v) is 5.32. The smallest absolute Gasteiger partial charge is 0.119 e. The second-order valence-electron chi connectivity index (χ2n) is 9.50. The Labute approximate surface area is 178 Å². The molecule has 1 aromatic rings. The summed E-state index contributed by atoms with van der Waals surface area (Å²) in [5.74, 6) is 1.98. The minimum atomic E-state index is 0.675. The first kappa shape index (κ1) is 21.1. The molecule has 2 aliphatic heterocycles. The van der Waals surface area contributed by atoms with Crippen molar-refractivity contribution in [1.29, 1.82) is 0 Å². The molecule has 0 unspecified atom stereocenters. The molecular weight excluding hydrogens is 358 g/mol. The van der Waals surface area contributed by atoms with Gasteiger partial charge in [-0.2, -0.15) is 0 Å². The molecule has 4 nitrogen and oxygen atoms in total. The van der Waals surface area contributed by atoms with Crippen LogP contribution in [0, 0.1) is 5.92 Å². The van der Waals surface area contributed by atoms with Gasteiger partial charge in [-0.1, -0.05) is 31.4 Å².